The molecule has 5 nitrogen and oxygen atoms in total. The standard InChI is InChI=1S/C39H49N5/c1-8-11-16-28-20-21-32-33(23-28)40-27-43-37(32)31-18-13-12-17-30(31)29(25-39(43,9-2)10-3)26-44-35(24-36(41-44)38(4,5)6)34-19-14-15-22-42(34)7/h12-15,17-24,27,29H,8-11,16,25-26H2,1-7H3/q+2. The van der Waals surface area contributed by atoms with Crippen LogP contribution in [0, 0.1) is 0 Å². The van der Waals surface area contributed by atoms with Gasteiger partial charge in [0.1, 0.15) is 24.0 Å². The lowest BCUT2D eigenvalue weighted by Gasteiger charge is -2.32. The number of fused-ring (bicyclic) bond motifs is 5. The first-order valence-electron chi connectivity index (χ1n) is 16.7. The largest absolute Gasteiger partial charge is 0.287 e. The molecule has 0 saturated carbocycles. The van der Waals surface area contributed by atoms with Gasteiger partial charge in [0.15, 0.2) is 11.7 Å². The Kier molecular flexibility index (Phi) is 8.17. The lowest BCUT2D eigenvalue weighted by atomic mass is 9.80. The highest BCUT2D eigenvalue weighted by molar-refractivity contribution is 5.92. The lowest BCUT2D eigenvalue weighted by Crippen LogP contribution is -2.57. The molecule has 2 aromatic carbocycles. The molecule has 1 atom stereocenters. The SMILES string of the molecule is CCCCc1ccc2c3[n+](cnc2c1)C(CC)(CC)CC(Cn1nc(C(C)(C)C)cc1-c1cccc[n+]1C)c1ccccc1-3. The molecule has 3 aromatic heterocycles. The molecule has 0 N–H and O–H groups in total. The van der Waals surface area contributed by atoms with Crippen molar-refractivity contribution in [1.29, 1.82) is 0 Å². The van der Waals surface area contributed by atoms with Crippen molar-refractivity contribution in [2.75, 3.05) is 0 Å². The highest BCUT2D eigenvalue weighted by atomic mass is 15.3. The first kappa shape index (κ1) is 30.2. The van der Waals surface area contributed by atoms with Gasteiger partial charge < -0.3 is 0 Å². The molecule has 0 spiro atoms. The molecule has 5 heteroatoms. The Labute approximate surface area is 263 Å². The van der Waals surface area contributed by atoms with Crippen molar-refractivity contribution in [1.82, 2.24) is 14.8 Å². The summed E-state index contributed by atoms with van der Waals surface area (Å²) in [5.74, 6) is 0.283. The Morgan fingerprint density at radius 1 is 0.955 bits per heavy atom. The van der Waals surface area contributed by atoms with Crippen molar-refractivity contribution in [2.45, 2.75) is 103 Å². The monoisotopic (exact) mass is 587 g/mol. The average molecular weight is 588 g/mol. The summed E-state index contributed by atoms with van der Waals surface area (Å²) in [5, 5.41) is 6.56. The number of nitrogens with zero attached hydrogens (tertiary/aromatic N) is 5. The number of unbranched alkanes of at least 4 members (excludes halogenated alkanes) is 1. The molecule has 0 radical (unpaired) electrons. The molecule has 1 aliphatic rings. The second kappa shape index (κ2) is 11.9. The molecule has 1 unspecified atom stereocenters. The predicted octanol–water partition coefficient (Wildman–Crippen LogP) is 8.22. The molecule has 228 valence electrons. The van der Waals surface area contributed by atoms with Crippen LogP contribution in [0.5, 0.6) is 0 Å². The van der Waals surface area contributed by atoms with Gasteiger partial charge in [-0.3, -0.25) is 4.68 Å². The maximum absolute atomic E-state index is 5.31. The minimum Gasteiger partial charge on any atom is -0.258 e. The van der Waals surface area contributed by atoms with Gasteiger partial charge in [0.25, 0.3) is 6.33 Å². The van der Waals surface area contributed by atoms with E-state index in [1.807, 2.05) is 0 Å². The third-order valence-electron chi connectivity index (χ3n) is 10.1. The van der Waals surface area contributed by atoms with Crippen molar-refractivity contribution >= 4 is 10.9 Å². The zero-order valence-corrected chi connectivity index (χ0v) is 27.8. The van der Waals surface area contributed by atoms with Crippen molar-refractivity contribution in [3.63, 3.8) is 0 Å². The molecule has 0 amide bonds. The van der Waals surface area contributed by atoms with Crippen LogP contribution < -0.4 is 9.13 Å². The number of hydrogen-bond acceptors (Lipinski definition) is 2. The molecular weight excluding hydrogens is 538 g/mol. The fraction of sp³-hybridized carbons (Fsp3) is 0.436. The number of benzene rings is 2. The van der Waals surface area contributed by atoms with E-state index in [2.05, 4.69) is 142 Å². The van der Waals surface area contributed by atoms with Crippen LogP contribution in [0.15, 0.2) is 79.3 Å². The van der Waals surface area contributed by atoms with E-state index < -0.39 is 0 Å². The summed E-state index contributed by atoms with van der Waals surface area (Å²) in [6.45, 7) is 14.6. The molecule has 1 aliphatic heterocycles. The lowest BCUT2D eigenvalue weighted by molar-refractivity contribution is -0.758. The third kappa shape index (κ3) is 5.35. The molecule has 4 heterocycles. The second-order valence-corrected chi connectivity index (χ2v) is 13.9. The quantitative estimate of drug-likeness (QED) is 0.172. The van der Waals surface area contributed by atoms with Gasteiger partial charge in [-0.2, -0.15) is 9.67 Å². The molecule has 44 heavy (non-hydrogen) atoms. The Hall–Kier alpha value is -3.86. The summed E-state index contributed by atoms with van der Waals surface area (Å²) in [6.07, 6.45) is 10.9. The highest BCUT2D eigenvalue weighted by Gasteiger charge is 2.43. The molecular formula is C39H49N5+2. The smallest absolute Gasteiger partial charge is 0.258 e. The van der Waals surface area contributed by atoms with Crippen LogP contribution in [0.1, 0.15) is 96.4 Å². The van der Waals surface area contributed by atoms with E-state index in [-0.39, 0.29) is 16.9 Å². The normalized spacial score (nSPS) is 16.0. The molecule has 0 bridgehead atoms. The maximum Gasteiger partial charge on any atom is 0.287 e. The summed E-state index contributed by atoms with van der Waals surface area (Å²) in [7, 11) is 2.13. The van der Waals surface area contributed by atoms with Gasteiger partial charge in [-0.15, -0.1) is 0 Å². The zero-order chi connectivity index (χ0) is 31.1. The first-order chi connectivity index (χ1) is 21.2. The Balaban J connectivity index is 1.54. The van der Waals surface area contributed by atoms with Gasteiger partial charge in [-0.25, -0.2) is 4.57 Å². The Bertz CT molecular complexity index is 1790. The van der Waals surface area contributed by atoms with Gasteiger partial charge in [0.2, 0.25) is 5.69 Å². The van der Waals surface area contributed by atoms with Crippen LogP contribution in [-0.4, -0.2) is 14.8 Å². The van der Waals surface area contributed by atoms with Crippen molar-refractivity contribution in [2.24, 2.45) is 7.05 Å². The molecule has 0 aliphatic carbocycles. The van der Waals surface area contributed by atoms with Crippen LogP contribution in [-0.2, 0) is 31.0 Å². The van der Waals surface area contributed by atoms with E-state index in [0.29, 0.717) is 0 Å². The van der Waals surface area contributed by atoms with Crippen LogP contribution in [0.4, 0.5) is 0 Å². The molecule has 5 aromatic rings. The average Bonchev–Trinajstić information content (AvgIpc) is 3.41. The van der Waals surface area contributed by atoms with Crippen LogP contribution in [0.3, 0.4) is 0 Å². The minimum absolute atomic E-state index is 0.0437. The van der Waals surface area contributed by atoms with Gasteiger partial charge in [0, 0.05) is 35.6 Å². The fourth-order valence-corrected chi connectivity index (χ4v) is 7.27. The van der Waals surface area contributed by atoms with E-state index in [4.69, 9.17) is 10.1 Å². The first-order valence-corrected chi connectivity index (χ1v) is 16.7. The van der Waals surface area contributed by atoms with Crippen molar-refractivity contribution in [3.8, 4) is 22.6 Å². The van der Waals surface area contributed by atoms with Crippen LogP contribution in [0.25, 0.3) is 33.5 Å². The van der Waals surface area contributed by atoms with Crippen molar-refractivity contribution < 1.29 is 9.13 Å². The summed E-state index contributed by atoms with van der Waals surface area (Å²) < 4.78 is 7.05. The minimum atomic E-state index is -0.0569. The number of aromatic nitrogens is 5. The predicted molar refractivity (Wildman–Crippen MR) is 179 cm³/mol. The van der Waals surface area contributed by atoms with Gasteiger partial charge in [-0.1, -0.05) is 78.3 Å². The zero-order valence-electron chi connectivity index (χ0n) is 27.8. The molecule has 0 saturated heterocycles. The summed E-state index contributed by atoms with van der Waals surface area (Å²) in [6, 6.07) is 24.8. The van der Waals surface area contributed by atoms with Crippen LogP contribution >= 0.6 is 0 Å². The molecule has 6 rings (SSSR count). The van der Waals surface area contributed by atoms with E-state index in [0.717, 1.165) is 43.4 Å². The van der Waals surface area contributed by atoms with E-state index in [1.165, 1.54) is 52.0 Å². The number of aryl methyl sites for hydroxylation is 2. The number of hydrogen-bond donors (Lipinski definition) is 0. The Morgan fingerprint density at radius 2 is 1.73 bits per heavy atom. The van der Waals surface area contributed by atoms with Crippen LogP contribution in [0.2, 0.25) is 0 Å². The highest BCUT2D eigenvalue weighted by Crippen LogP contribution is 2.44. The summed E-state index contributed by atoms with van der Waals surface area (Å²) in [5.41, 5.74) is 9.90. The Morgan fingerprint density at radius 3 is 2.45 bits per heavy atom. The summed E-state index contributed by atoms with van der Waals surface area (Å²) in [4.78, 5) is 5.11. The molecule has 0 fully saturated rings. The van der Waals surface area contributed by atoms with Gasteiger partial charge in [0.05, 0.1) is 11.1 Å². The second-order valence-electron chi connectivity index (χ2n) is 13.9. The summed E-state index contributed by atoms with van der Waals surface area (Å²) >= 11 is 0. The number of rotatable bonds is 8. The van der Waals surface area contributed by atoms with E-state index >= 15 is 0 Å². The van der Waals surface area contributed by atoms with Crippen molar-refractivity contribution in [3.05, 3.63) is 96.1 Å². The maximum atomic E-state index is 5.31. The number of pyridine rings is 1. The van der Waals surface area contributed by atoms with E-state index in [9.17, 15) is 0 Å². The van der Waals surface area contributed by atoms with Gasteiger partial charge in [-0.05, 0) is 72.5 Å². The van der Waals surface area contributed by atoms with E-state index in [1.54, 1.807) is 0 Å². The topological polar surface area (TPSA) is 38.5 Å². The van der Waals surface area contributed by atoms with Gasteiger partial charge >= 0.3 is 0 Å². The third-order valence-corrected chi connectivity index (χ3v) is 10.1. The fourth-order valence-electron chi connectivity index (χ4n) is 7.27.